The van der Waals surface area contributed by atoms with E-state index in [2.05, 4.69) is 31.9 Å². The second-order valence-electron chi connectivity index (χ2n) is 4.37. The highest BCUT2D eigenvalue weighted by atomic mass is 79.9. The van der Waals surface area contributed by atoms with E-state index in [4.69, 9.17) is 0 Å². The van der Waals surface area contributed by atoms with E-state index in [9.17, 15) is 9.18 Å². The van der Waals surface area contributed by atoms with Crippen LogP contribution in [0.25, 0.3) is 0 Å². The first-order valence-electron chi connectivity index (χ1n) is 5.66. The summed E-state index contributed by atoms with van der Waals surface area (Å²) in [4.78, 5) is 12.4. The fourth-order valence-electron chi connectivity index (χ4n) is 1.82. The number of hydrogen-bond acceptors (Lipinski definition) is 1. The van der Waals surface area contributed by atoms with E-state index in [1.54, 1.807) is 12.1 Å². The van der Waals surface area contributed by atoms with Gasteiger partial charge in [-0.25, -0.2) is 4.39 Å². The van der Waals surface area contributed by atoms with Gasteiger partial charge in [-0.1, -0.05) is 15.9 Å². The molecule has 0 aliphatic heterocycles. The van der Waals surface area contributed by atoms with E-state index >= 15 is 0 Å². The number of hydrogen-bond donors (Lipinski definition) is 0. The van der Waals surface area contributed by atoms with Crippen LogP contribution in [0.15, 0.2) is 39.3 Å². The van der Waals surface area contributed by atoms with E-state index in [1.165, 1.54) is 6.07 Å². The van der Waals surface area contributed by atoms with Crippen molar-refractivity contribution in [3.05, 3.63) is 67.3 Å². The normalized spacial score (nSPS) is 10.6. The Bertz CT molecular complexity index is 665. The molecule has 98 valence electrons. The third kappa shape index (κ3) is 2.95. The van der Waals surface area contributed by atoms with Crippen LogP contribution in [0.1, 0.15) is 27.0 Å². The highest BCUT2D eigenvalue weighted by Crippen LogP contribution is 2.24. The highest BCUT2D eigenvalue weighted by molar-refractivity contribution is 9.10. The van der Waals surface area contributed by atoms with Crippen LogP contribution in [0.5, 0.6) is 0 Å². The lowest BCUT2D eigenvalue weighted by Crippen LogP contribution is -2.05. The minimum Gasteiger partial charge on any atom is -0.289 e. The Balaban J connectivity index is 2.49. The van der Waals surface area contributed by atoms with Gasteiger partial charge in [-0.3, -0.25) is 4.79 Å². The molecule has 0 aliphatic rings. The van der Waals surface area contributed by atoms with Gasteiger partial charge in [0.2, 0.25) is 0 Å². The van der Waals surface area contributed by atoms with Gasteiger partial charge in [0.1, 0.15) is 5.82 Å². The van der Waals surface area contributed by atoms with Gasteiger partial charge < -0.3 is 0 Å². The lowest BCUT2D eigenvalue weighted by Gasteiger charge is -2.08. The van der Waals surface area contributed by atoms with Crippen LogP contribution in [0.3, 0.4) is 0 Å². The minimum atomic E-state index is -0.433. The van der Waals surface area contributed by atoms with Crippen molar-refractivity contribution in [3.8, 4) is 0 Å². The van der Waals surface area contributed by atoms with Crippen molar-refractivity contribution in [2.45, 2.75) is 13.8 Å². The third-order valence-corrected chi connectivity index (χ3v) is 4.43. The van der Waals surface area contributed by atoms with Gasteiger partial charge in [-0.05, 0) is 71.2 Å². The molecule has 0 aliphatic carbocycles. The van der Waals surface area contributed by atoms with Crippen LogP contribution in [0, 0.1) is 19.7 Å². The molecule has 0 amide bonds. The van der Waals surface area contributed by atoms with Crippen molar-refractivity contribution in [1.29, 1.82) is 0 Å². The quantitative estimate of drug-likeness (QED) is 0.649. The van der Waals surface area contributed by atoms with E-state index < -0.39 is 5.82 Å². The number of ketones is 1. The van der Waals surface area contributed by atoms with Gasteiger partial charge in [-0.2, -0.15) is 0 Å². The summed E-state index contributed by atoms with van der Waals surface area (Å²) in [5.41, 5.74) is 2.80. The van der Waals surface area contributed by atoms with E-state index in [0.717, 1.165) is 15.6 Å². The zero-order valence-corrected chi connectivity index (χ0v) is 13.6. The number of benzene rings is 2. The Morgan fingerprint density at radius 2 is 1.68 bits per heavy atom. The first-order chi connectivity index (χ1) is 8.90. The van der Waals surface area contributed by atoms with E-state index in [-0.39, 0.29) is 5.78 Å². The molecular formula is C15H11Br2FO. The van der Waals surface area contributed by atoms with Gasteiger partial charge in [-0.15, -0.1) is 0 Å². The molecule has 0 heterocycles. The maximum absolute atomic E-state index is 13.5. The average Bonchev–Trinajstić information content (AvgIpc) is 2.36. The molecule has 0 saturated carbocycles. The van der Waals surface area contributed by atoms with Gasteiger partial charge >= 0.3 is 0 Å². The first-order valence-corrected chi connectivity index (χ1v) is 7.25. The Labute approximate surface area is 128 Å². The summed E-state index contributed by atoms with van der Waals surface area (Å²) >= 11 is 6.51. The zero-order valence-electron chi connectivity index (χ0n) is 10.4. The minimum absolute atomic E-state index is 0.167. The maximum atomic E-state index is 13.5. The molecular weight excluding hydrogens is 375 g/mol. The smallest absolute Gasteiger partial charge is 0.193 e. The predicted molar refractivity (Wildman–Crippen MR) is 81.1 cm³/mol. The second kappa shape index (κ2) is 5.55. The molecule has 2 aromatic rings. The van der Waals surface area contributed by atoms with Crippen molar-refractivity contribution in [1.82, 2.24) is 0 Å². The van der Waals surface area contributed by atoms with Crippen molar-refractivity contribution >= 4 is 37.6 Å². The Kier molecular flexibility index (Phi) is 4.21. The monoisotopic (exact) mass is 384 g/mol. The molecule has 0 N–H and O–H groups in total. The van der Waals surface area contributed by atoms with Gasteiger partial charge in [0.25, 0.3) is 0 Å². The molecule has 0 unspecified atom stereocenters. The molecule has 0 radical (unpaired) electrons. The number of halogens is 3. The summed E-state index contributed by atoms with van der Waals surface area (Å²) in [7, 11) is 0. The zero-order chi connectivity index (χ0) is 14.2. The number of aryl methyl sites for hydroxylation is 2. The summed E-state index contributed by atoms with van der Waals surface area (Å²) in [5.74, 6) is -0.600. The standard InChI is InChI=1S/C15H11Br2FO/c1-8-6-13(17)9(2)5-11(8)15(19)10-3-4-12(16)14(18)7-10/h3-7H,1-2H3. The summed E-state index contributed by atoms with van der Waals surface area (Å²) in [6.45, 7) is 3.79. The maximum Gasteiger partial charge on any atom is 0.193 e. The predicted octanol–water partition coefficient (Wildman–Crippen LogP) is 5.20. The van der Waals surface area contributed by atoms with Crippen molar-refractivity contribution in [3.63, 3.8) is 0 Å². The van der Waals surface area contributed by atoms with Crippen LogP contribution in [-0.2, 0) is 0 Å². The number of rotatable bonds is 2. The fourth-order valence-corrected chi connectivity index (χ4v) is 2.52. The van der Waals surface area contributed by atoms with Crippen LogP contribution < -0.4 is 0 Å². The molecule has 0 atom stereocenters. The Morgan fingerprint density at radius 3 is 2.32 bits per heavy atom. The summed E-state index contributed by atoms with van der Waals surface area (Å²) in [6.07, 6.45) is 0. The topological polar surface area (TPSA) is 17.1 Å². The molecule has 19 heavy (non-hydrogen) atoms. The molecule has 0 spiro atoms. The van der Waals surface area contributed by atoms with E-state index in [1.807, 2.05) is 26.0 Å². The summed E-state index contributed by atoms with van der Waals surface area (Å²) in [6, 6.07) is 8.14. The third-order valence-electron chi connectivity index (χ3n) is 2.93. The molecule has 0 saturated heterocycles. The second-order valence-corrected chi connectivity index (χ2v) is 6.08. The van der Waals surface area contributed by atoms with Crippen LogP contribution >= 0.6 is 31.9 Å². The Morgan fingerprint density at radius 1 is 1.00 bits per heavy atom. The highest BCUT2D eigenvalue weighted by Gasteiger charge is 2.14. The lowest BCUT2D eigenvalue weighted by molar-refractivity contribution is 0.103. The number of carbonyl (C=O) groups excluding carboxylic acids is 1. The molecule has 0 fully saturated rings. The molecule has 2 rings (SSSR count). The van der Waals surface area contributed by atoms with Crippen LogP contribution in [-0.4, -0.2) is 5.78 Å². The van der Waals surface area contributed by atoms with Crippen LogP contribution in [0.2, 0.25) is 0 Å². The molecule has 4 heteroatoms. The number of carbonyl (C=O) groups is 1. The SMILES string of the molecule is Cc1cc(C(=O)c2ccc(Br)c(F)c2)c(C)cc1Br. The molecule has 2 aromatic carbocycles. The van der Waals surface area contributed by atoms with Gasteiger partial charge in [0.05, 0.1) is 4.47 Å². The fraction of sp³-hybridized carbons (Fsp3) is 0.133. The van der Waals surface area contributed by atoms with Crippen molar-refractivity contribution < 1.29 is 9.18 Å². The van der Waals surface area contributed by atoms with Gasteiger partial charge in [0.15, 0.2) is 5.78 Å². The van der Waals surface area contributed by atoms with Gasteiger partial charge in [0, 0.05) is 15.6 Å². The Hall–Kier alpha value is -1.000. The summed E-state index contributed by atoms with van der Waals surface area (Å²) in [5, 5.41) is 0. The largest absolute Gasteiger partial charge is 0.289 e. The average molecular weight is 386 g/mol. The molecule has 0 aromatic heterocycles. The lowest BCUT2D eigenvalue weighted by atomic mass is 9.97. The van der Waals surface area contributed by atoms with Crippen molar-refractivity contribution in [2.24, 2.45) is 0 Å². The molecule has 0 bridgehead atoms. The van der Waals surface area contributed by atoms with E-state index in [0.29, 0.717) is 15.6 Å². The van der Waals surface area contributed by atoms with Crippen LogP contribution in [0.4, 0.5) is 4.39 Å². The summed E-state index contributed by atoms with van der Waals surface area (Å²) < 4.78 is 14.8. The van der Waals surface area contributed by atoms with Crippen molar-refractivity contribution in [2.75, 3.05) is 0 Å². The molecule has 1 nitrogen and oxygen atoms in total. The first kappa shape index (κ1) is 14.4.